The van der Waals surface area contributed by atoms with E-state index in [-0.39, 0.29) is 0 Å². The molecule has 5 heteroatoms. The van der Waals surface area contributed by atoms with Crippen LogP contribution in [0.3, 0.4) is 0 Å². The topological polar surface area (TPSA) is 49.3 Å². The molecule has 0 aliphatic carbocycles. The van der Waals surface area contributed by atoms with Crippen LogP contribution in [0.1, 0.15) is 19.4 Å². The second-order valence-electron chi connectivity index (χ2n) is 2.90. The highest BCUT2D eigenvalue weighted by Crippen LogP contribution is 1.97. The van der Waals surface area contributed by atoms with Crippen molar-refractivity contribution in [3.05, 3.63) is 30.1 Å². The number of pyridine rings is 1. The summed E-state index contributed by atoms with van der Waals surface area (Å²) in [5, 5.41) is 7.63. The van der Waals surface area contributed by atoms with Gasteiger partial charge in [-0.05, 0) is 38.2 Å². The number of thiocarbonyl (C=S) groups is 1. The normalized spacial score (nSPS) is 10.9. The number of aromatic nitrogens is 1. The molecule has 2 N–H and O–H groups in total. The Morgan fingerprint density at radius 1 is 1.47 bits per heavy atom. The van der Waals surface area contributed by atoms with Crippen molar-refractivity contribution in [2.75, 3.05) is 6.54 Å². The maximum atomic E-state index is 4.98. The van der Waals surface area contributed by atoms with Gasteiger partial charge in [0.25, 0.3) is 0 Å². The lowest BCUT2D eigenvalue weighted by Crippen LogP contribution is -2.32. The smallest absolute Gasteiger partial charge is 0.186 e. The summed E-state index contributed by atoms with van der Waals surface area (Å²) in [6.45, 7) is 4.68. The number of nitrogens with one attached hydrogen (secondary N) is 2. The molecule has 0 saturated carbocycles. The van der Waals surface area contributed by atoms with Crippen molar-refractivity contribution in [3.63, 3.8) is 0 Å². The van der Waals surface area contributed by atoms with Crippen LogP contribution in [0.25, 0.3) is 0 Å². The van der Waals surface area contributed by atoms with E-state index in [1.165, 1.54) is 0 Å². The highest BCUT2D eigenvalue weighted by Gasteiger charge is 1.96. The van der Waals surface area contributed by atoms with Crippen LogP contribution in [0.5, 0.6) is 0 Å². The van der Waals surface area contributed by atoms with Crippen molar-refractivity contribution in [1.82, 2.24) is 15.7 Å². The van der Waals surface area contributed by atoms with Gasteiger partial charge >= 0.3 is 0 Å². The zero-order valence-corrected chi connectivity index (χ0v) is 9.64. The van der Waals surface area contributed by atoms with Crippen molar-refractivity contribution < 1.29 is 0 Å². The molecule has 0 fully saturated rings. The molecule has 0 aliphatic heterocycles. The summed E-state index contributed by atoms with van der Waals surface area (Å²) in [4.78, 5) is 3.94. The van der Waals surface area contributed by atoms with Gasteiger partial charge in [0.2, 0.25) is 0 Å². The lowest BCUT2D eigenvalue weighted by molar-refractivity contribution is 0.900. The van der Waals surface area contributed by atoms with Crippen molar-refractivity contribution >= 4 is 23.0 Å². The van der Waals surface area contributed by atoms with Gasteiger partial charge in [-0.25, -0.2) is 0 Å². The van der Waals surface area contributed by atoms with Gasteiger partial charge in [-0.1, -0.05) is 0 Å². The molecule has 1 heterocycles. The van der Waals surface area contributed by atoms with Crippen molar-refractivity contribution in [3.8, 4) is 0 Å². The van der Waals surface area contributed by atoms with E-state index in [9.17, 15) is 0 Å². The third-order valence-electron chi connectivity index (χ3n) is 1.76. The summed E-state index contributed by atoms with van der Waals surface area (Å²) < 4.78 is 0. The van der Waals surface area contributed by atoms with E-state index in [2.05, 4.69) is 20.8 Å². The molecule has 0 bridgehead atoms. The summed E-state index contributed by atoms with van der Waals surface area (Å²) in [6, 6.07) is 3.80. The number of nitrogens with zero attached hydrogens (tertiary/aromatic N) is 2. The van der Waals surface area contributed by atoms with Crippen molar-refractivity contribution in [1.29, 1.82) is 0 Å². The molecule has 0 amide bonds. The van der Waals surface area contributed by atoms with E-state index >= 15 is 0 Å². The maximum Gasteiger partial charge on any atom is 0.186 e. The minimum atomic E-state index is 0.533. The van der Waals surface area contributed by atoms with Crippen molar-refractivity contribution in [2.24, 2.45) is 5.10 Å². The predicted molar refractivity (Wildman–Crippen MR) is 65.9 cm³/mol. The first-order chi connectivity index (χ1) is 7.24. The monoisotopic (exact) mass is 222 g/mol. The molecular weight excluding hydrogens is 208 g/mol. The SMILES string of the molecule is CCNC(=S)N/N=C(\C)c1ccncc1. The Bertz CT molecular complexity index is 348. The molecular formula is C10H14N4S. The van der Waals surface area contributed by atoms with Gasteiger partial charge in [0.05, 0.1) is 5.71 Å². The summed E-state index contributed by atoms with van der Waals surface area (Å²) in [7, 11) is 0. The van der Waals surface area contributed by atoms with Crippen LogP contribution < -0.4 is 10.7 Å². The Morgan fingerprint density at radius 3 is 2.73 bits per heavy atom. The highest BCUT2D eigenvalue weighted by molar-refractivity contribution is 7.80. The van der Waals surface area contributed by atoms with Crippen LogP contribution >= 0.6 is 12.2 Å². The van der Waals surface area contributed by atoms with Crippen LogP contribution in [0.15, 0.2) is 29.6 Å². The largest absolute Gasteiger partial charge is 0.362 e. The van der Waals surface area contributed by atoms with Gasteiger partial charge < -0.3 is 5.32 Å². The third kappa shape index (κ3) is 4.03. The van der Waals surface area contributed by atoms with Crippen LogP contribution in [0.2, 0.25) is 0 Å². The van der Waals surface area contributed by atoms with E-state index in [4.69, 9.17) is 12.2 Å². The van der Waals surface area contributed by atoms with Crippen LogP contribution in [-0.2, 0) is 0 Å². The molecule has 0 atom stereocenters. The number of hydrogen-bond donors (Lipinski definition) is 2. The van der Waals surface area contributed by atoms with Crippen molar-refractivity contribution in [2.45, 2.75) is 13.8 Å². The lowest BCUT2D eigenvalue weighted by Gasteiger charge is -2.05. The summed E-state index contributed by atoms with van der Waals surface area (Å²) in [5.74, 6) is 0. The first kappa shape index (κ1) is 11.6. The number of hydrogen-bond acceptors (Lipinski definition) is 3. The molecule has 1 aromatic rings. The molecule has 15 heavy (non-hydrogen) atoms. The number of rotatable bonds is 3. The van der Waals surface area contributed by atoms with E-state index in [0.717, 1.165) is 17.8 Å². The van der Waals surface area contributed by atoms with E-state index in [0.29, 0.717) is 5.11 Å². The zero-order valence-electron chi connectivity index (χ0n) is 8.82. The molecule has 4 nitrogen and oxygen atoms in total. The maximum absolute atomic E-state index is 4.98. The quantitative estimate of drug-likeness (QED) is 0.459. The molecule has 0 radical (unpaired) electrons. The second-order valence-corrected chi connectivity index (χ2v) is 3.31. The van der Waals surface area contributed by atoms with E-state index < -0.39 is 0 Å². The van der Waals surface area contributed by atoms with Gasteiger partial charge in [-0.3, -0.25) is 10.4 Å². The van der Waals surface area contributed by atoms with E-state index in [1.807, 2.05) is 26.0 Å². The van der Waals surface area contributed by atoms with E-state index in [1.54, 1.807) is 12.4 Å². The van der Waals surface area contributed by atoms with Gasteiger partial charge in [0, 0.05) is 24.5 Å². The molecule has 0 unspecified atom stereocenters. The summed E-state index contributed by atoms with van der Waals surface area (Å²) in [6.07, 6.45) is 3.47. The Labute approximate surface area is 94.8 Å². The molecule has 80 valence electrons. The molecule has 1 aromatic heterocycles. The molecule has 0 aromatic carbocycles. The first-order valence-electron chi connectivity index (χ1n) is 4.72. The van der Waals surface area contributed by atoms with Crippen LogP contribution in [-0.4, -0.2) is 22.4 Å². The molecule has 0 spiro atoms. The fraction of sp³-hybridized carbons (Fsp3) is 0.300. The van der Waals surface area contributed by atoms with Gasteiger partial charge in [0.15, 0.2) is 5.11 Å². The van der Waals surface area contributed by atoms with Crippen LogP contribution in [0, 0.1) is 0 Å². The minimum absolute atomic E-state index is 0.533. The third-order valence-corrected chi connectivity index (χ3v) is 2.00. The lowest BCUT2D eigenvalue weighted by atomic mass is 10.2. The predicted octanol–water partition coefficient (Wildman–Crippen LogP) is 1.29. The van der Waals surface area contributed by atoms with Gasteiger partial charge in [-0.15, -0.1) is 0 Å². The fourth-order valence-corrected chi connectivity index (χ4v) is 1.18. The Hall–Kier alpha value is -1.49. The summed E-state index contributed by atoms with van der Waals surface area (Å²) in [5.41, 5.74) is 4.67. The van der Waals surface area contributed by atoms with Gasteiger partial charge in [-0.2, -0.15) is 5.10 Å². The van der Waals surface area contributed by atoms with Crippen LogP contribution in [0.4, 0.5) is 0 Å². The summed E-state index contributed by atoms with van der Waals surface area (Å²) >= 11 is 4.98. The minimum Gasteiger partial charge on any atom is -0.362 e. The Morgan fingerprint density at radius 2 is 2.13 bits per heavy atom. The number of hydrazone groups is 1. The average Bonchev–Trinajstić information content (AvgIpc) is 2.27. The molecule has 0 aliphatic rings. The molecule has 1 rings (SSSR count). The second kappa shape index (κ2) is 6.08. The highest BCUT2D eigenvalue weighted by atomic mass is 32.1. The standard InChI is InChI=1S/C10H14N4S/c1-3-12-10(15)14-13-8(2)9-4-6-11-7-5-9/h4-7H,3H2,1-2H3,(H2,12,14,15)/b13-8+. The van der Waals surface area contributed by atoms with Gasteiger partial charge in [0.1, 0.15) is 0 Å². The fourth-order valence-electron chi connectivity index (χ4n) is 0.992. The Kier molecular flexibility index (Phi) is 4.70. The Balaban J connectivity index is 2.57. The average molecular weight is 222 g/mol. The zero-order chi connectivity index (χ0) is 11.1. The molecule has 0 saturated heterocycles. The first-order valence-corrected chi connectivity index (χ1v) is 5.13.